The zero-order valence-corrected chi connectivity index (χ0v) is 11.5. The van der Waals surface area contributed by atoms with Gasteiger partial charge in [0.25, 0.3) is 0 Å². The van der Waals surface area contributed by atoms with Gasteiger partial charge in [0.1, 0.15) is 0 Å². The number of aryl methyl sites for hydroxylation is 1. The minimum Gasteiger partial charge on any atom is -0.354 e. The number of amides is 1. The summed E-state index contributed by atoms with van der Waals surface area (Å²) in [7, 11) is 3.98. The molecule has 100 valence electrons. The van der Waals surface area contributed by atoms with E-state index in [4.69, 9.17) is 0 Å². The van der Waals surface area contributed by atoms with E-state index in [1.165, 1.54) is 11.1 Å². The Balaban J connectivity index is 2.15. The molecule has 0 saturated carbocycles. The first-order valence-electron chi connectivity index (χ1n) is 6.25. The van der Waals surface area contributed by atoms with Crippen molar-refractivity contribution in [3.8, 4) is 0 Å². The quantitative estimate of drug-likeness (QED) is 0.750. The zero-order valence-electron chi connectivity index (χ0n) is 11.5. The number of hydrogen-bond donors (Lipinski definition) is 2. The molecular formula is C14H23N3O. The third-order valence-corrected chi connectivity index (χ3v) is 2.58. The van der Waals surface area contributed by atoms with Gasteiger partial charge in [0.05, 0.1) is 6.54 Å². The van der Waals surface area contributed by atoms with Crippen molar-refractivity contribution in [1.29, 1.82) is 0 Å². The van der Waals surface area contributed by atoms with Gasteiger partial charge in [-0.3, -0.25) is 4.79 Å². The maximum atomic E-state index is 11.5. The van der Waals surface area contributed by atoms with Crippen LogP contribution in [0.4, 0.5) is 0 Å². The van der Waals surface area contributed by atoms with Gasteiger partial charge in [-0.05, 0) is 26.6 Å². The van der Waals surface area contributed by atoms with Gasteiger partial charge in [-0.25, -0.2) is 0 Å². The number of carbonyl (C=O) groups is 1. The van der Waals surface area contributed by atoms with Crippen LogP contribution in [-0.4, -0.2) is 44.5 Å². The number of nitrogens with zero attached hydrogens (tertiary/aromatic N) is 1. The molecule has 0 spiro atoms. The maximum absolute atomic E-state index is 11.5. The van der Waals surface area contributed by atoms with Crippen LogP contribution in [0.3, 0.4) is 0 Å². The molecule has 0 bridgehead atoms. The van der Waals surface area contributed by atoms with Gasteiger partial charge >= 0.3 is 0 Å². The molecule has 0 aliphatic carbocycles. The van der Waals surface area contributed by atoms with Crippen molar-refractivity contribution in [3.05, 3.63) is 35.4 Å². The Bertz CT molecular complexity index is 377. The van der Waals surface area contributed by atoms with Crippen molar-refractivity contribution in [2.75, 3.05) is 33.7 Å². The van der Waals surface area contributed by atoms with Crippen LogP contribution in [0, 0.1) is 6.92 Å². The Morgan fingerprint density at radius 1 is 1.33 bits per heavy atom. The average molecular weight is 249 g/mol. The van der Waals surface area contributed by atoms with Crippen molar-refractivity contribution in [1.82, 2.24) is 15.5 Å². The number of benzene rings is 1. The lowest BCUT2D eigenvalue weighted by Crippen LogP contribution is -2.37. The molecule has 4 nitrogen and oxygen atoms in total. The van der Waals surface area contributed by atoms with E-state index < -0.39 is 0 Å². The van der Waals surface area contributed by atoms with E-state index in [1.807, 2.05) is 25.1 Å². The summed E-state index contributed by atoms with van der Waals surface area (Å²) in [5.74, 6) is 0.0458. The predicted octanol–water partition coefficient (Wildman–Crippen LogP) is 0.762. The number of nitrogens with one attached hydrogen (secondary N) is 2. The molecule has 0 aliphatic rings. The molecule has 0 aromatic heterocycles. The largest absolute Gasteiger partial charge is 0.354 e. The Hall–Kier alpha value is -1.39. The molecule has 1 amide bonds. The minimum absolute atomic E-state index is 0.0458. The van der Waals surface area contributed by atoms with Gasteiger partial charge in [0.2, 0.25) is 5.91 Å². The normalized spacial score (nSPS) is 10.7. The molecular weight excluding hydrogens is 226 g/mol. The van der Waals surface area contributed by atoms with E-state index in [0.717, 1.165) is 13.1 Å². The second-order valence-corrected chi connectivity index (χ2v) is 4.75. The third kappa shape index (κ3) is 6.37. The van der Waals surface area contributed by atoms with Crippen molar-refractivity contribution in [3.63, 3.8) is 0 Å². The molecule has 0 radical (unpaired) electrons. The minimum atomic E-state index is 0.0458. The molecule has 0 unspecified atom stereocenters. The van der Waals surface area contributed by atoms with Gasteiger partial charge in [0.15, 0.2) is 0 Å². The first-order chi connectivity index (χ1) is 8.58. The molecule has 0 fully saturated rings. The standard InChI is InChI=1S/C14H23N3O/c1-12-5-4-6-13(9-12)10-15-11-14(18)16-7-8-17(2)3/h4-6,9,15H,7-8,10-11H2,1-3H3,(H,16,18). The summed E-state index contributed by atoms with van der Waals surface area (Å²) < 4.78 is 0. The fourth-order valence-electron chi connectivity index (χ4n) is 1.62. The average Bonchev–Trinajstić information content (AvgIpc) is 2.28. The van der Waals surface area contributed by atoms with E-state index in [0.29, 0.717) is 13.1 Å². The van der Waals surface area contributed by atoms with E-state index in [2.05, 4.69) is 35.8 Å². The maximum Gasteiger partial charge on any atom is 0.234 e. The van der Waals surface area contributed by atoms with Crippen LogP contribution in [0.25, 0.3) is 0 Å². The smallest absolute Gasteiger partial charge is 0.234 e. The number of hydrogen-bond acceptors (Lipinski definition) is 3. The van der Waals surface area contributed by atoms with E-state index in [-0.39, 0.29) is 5.91 Å². The monoisotopic (exact) mass is 249 g/mol. The summed E-state index contributed by atoms with van der Waals surface area (Å²) in [4.78, 5) is 13.5. The van der Waals surface area contributed by atoms with E-state index >= 15 is 0 Å². The molecule has 4 heteroatoms. The fourth-order valence-corrected chi connectivity index (χ4v) is 1.62. The summed E-state index contributed by atoms with van der Waals surface area (Å²) in [6, 6.07) is 8.28. The highest BCUT2D eigenvalue weighted by molar-refractivity contribution is 5.77. The highest BCUT2D eigenvalue weighted by Gasteiger charge is 2.00. The van der Waals surface area contributed by atoms with Crippen LogP contribution < -0.4 is 10.6 Å². The van der Waals surface area contributed by atoms with Crippen LogP contribution >= 0.6 is 0 Å². The van der Waals surface area contributed by atoms with Gasteiger partial charge in [0, 0.05) is 19.6 Å². The summed E-state index contributed by atoms with van der Waals surface area (Å²) in [5, 5.41) is 6.01. The Kier molecular flexibility index (Phi) is 6.39. The number of likely N-dealkylation sites (N-methyl/N-ethyl adjacent to an activating group) is 1. The Morgan fingerprint density at radius 3 is 2.78 bits per heavy atom. The lowest BCUT2D eigenvalue weighted by molar-refractivity contribution is -0.120. The van der Waals surface area contributed by atoms with Gasteiger partial charge in [-0.1, -0.05) is 29.8 Å². The molecule has 1 aromatic rings. The zero-order chi connectivity index (χ0) is 13.4. The van der Waals surface area contributed by atoms with Gasteiger partial charge in [-0.15, -0.1) is 0 Å². The molecule has 0 saturated heterocycles. The second-order valence-electron chi connectivity index (χ2n) is 4.75. The van der Waals surface area contributed by atoms with Crippen LogP contribution in [0.1, 0.15) is 11.1 Å². The number of carbonyl (C=O) groups excluding carboxylic acids is 1. The van der Waals surface area contributed by atoms with Crippen LogP contribution in [0.5, 0.6) is 0 Å². The molecule has 0 aliphatic heterocycles. The first kappa shape index (κ1) is 14.7. The summed E-state index contributed by atoms with van der Waals surface area (Å²) in [6.45, 7) is 4.71. The van der Waals surface area contributed by atoms with Crippen molar-refractivity contribution >= 4 is 5.91 Å². The molecule has 1 rings (SSSR count). The SMILES string of the molecule is Cc1cccc(CNCC(=O)NCCN(C)C)c1. The van der Waals surface area contributed by atoms with E-state index in [1.54, 1.807) is 0 Å². The molecule has 2 N–H and O–H groups in total. The lowest BCUT2D eigenvalue weighted by atomic mass is 10.1. The summed E-state index contributed by atoms with van der Waals surface area (Å²) in [6.07, 6.45) is 0. The highest BCUT2D eigenvalue weighted by Crippen LogP contribution is 2.02. The molecule has 0 heterocycles. The van der Waals surface area contributed by atoms with Crippen molar-refractivity contribution in [2.24, 2.45) is 0 Å². The van der Waals surface area contributed by atoms with Gasteiger partial charge in [-0.2, -0.15) is 0 Å². The van der Waals surface area contributed by atoms with Crippen molar-refractivity contribution in [2.45, 2.75) is 13.5 Å². The second kappa shape index (κ2) is 7.84. The van der Waals surface area contributed by atoms with Crippen LogP contribution in [0.15, 0.2) is 24.3 Å². The van der Waals surface area contributed by atoms with Crippen molar-refractivity contribution < 1.29 is 4.79 Å². The van der Waals surface area contributed by atoms with Crippen LogP contribution in [-0.2, 0) is 11.3 Å². The van der Waals surface area contributed by atoms with E-state index in [9.17, 15) is 4.79 Å². The summed E-state index contributed by atoms with van der Waals surface area (Å²) in [5.41, 5.74) is 2.45. The molecule has 1 aromatic carbocycles. The Morgan fingerprint density at radius 2 is 2.11 bits per heavy atom. The molecule has 18 heavy (non-hydrogen) atoms. The predicted molar refractivity (Wildman–Crippen MR) is 74.4 cm³/mol. The fraction of sp³-hybridized carbons (Fsp3) is 0.500. The highest BCUT2D eigenvalue weighted by atomic mass is 16.1. The Labute approximate surface area is 109 Å². The first-order valence-corrected chi connectivity index (χ1v) is 6.25. The third-order valence-electron chi connectivity index (χ3n) is 2.58. The lowest BCUT2D eigenvalue weighted by Gasteiger charge is -2.11. The number of rotatable bonds is 7. The van der Waals surface area contributed by atoms with Gasteiger partial charge < -0.3 is 15.5 Å². The molecule has 0 atom stereocenters. The van der Waals surface area contributed by atoms with Crippen LogP contribution in [0.2, 0.25) is 0 Å². The topological polar surface area (TPSA) is 44.4 Å². The summed E-state index contributed by atoms with van der Waals surface area (Å²) >= 11 is 0.